The number of hydrogen-bond acceptors (Lipinski definition) is 0. The molecule has 0 aliphatic rings. The molecule has 0 bridgehead atoms. The summed E-state index contributed by atoms with van der Waals surface area (Å²) in [5.74, 6) is 0. The molecule has 0 aliphatic heterocycles. The quantitative estimate of drug-likeness (QED) is 0.570. The molecule has 0 spiro atoms. The first kappa shape index (κ1) is 14.6. The van der Waals surface area contributed by atoms with Crippen LogP contribution in [-0.2, 0) is 11.8 Å². The van der Waals surface area contributed by atoms with Gasteiger partial charge in [-0.2, -0.15) is 0 Å². The summed E-state index contributed by atoms with van der Waals surface area (Å²) in [5.41, 5.74) is 4.21. The van der Waals surface area contributed by atoms with E-state index in [0.717, 1.165) is 12.8 Å². The standard InChI is InChI=1S/C22H22/c1-2-22(20-14-8-4-9-15-20,21-16-10-5-11-17-21)18-19-12-6-3-7-13-19/h3-17H,2,18H2,1H3. The van der Waals surface area contributed by atoms with Crippen molar-refractivity contribution >= 4 is 0 Å². The Hall–Kier alpha value is -2.34. The molecule has 0 saturated heterocycles. The Morgan fingerprint density at radius 1 is 0.591 bits per heavy atom. The normalized spacial score (nSPS) is 11.3. The first-order chi connectivity index (χ1) is 10.8. The lowest BCUT2D eigenvalue weighted by Gasteiger charge is -2.34. The van der Waals surface area contributed by atoms with Crippen LogP contribution in [-0.4, -0.2) is 0 Å². The van der Waals surface area contributed by atoms with E-state index in [4.69, 9.17) is 0 Å². The molecular formula is C22H22. The third-order valence-corrected chi connectivity index (χ3v) is 4.61. The van der Waals surface area contributed by atoms with Crippen LogP contribution >= 0.6 is 0 Å². The second-order valence-corrected chi connectivity index (χ2v) is 5.83. The van der Waals surface area contributed by atoms with E-state index in [0.29, 0.717) is 0 Å². The molecule has 0 unspecified atom stereocenters. The summed E-state index contributed by atoms with van der Waals surface area (Å²) >= 11 is 0. The van der Waals surface area contributed by atoms with Crippen LogP contribution in [0.4, 0.5) is 0 Å². The SMILES string of the molecule is CCC(Cc1ccccc1)(c1ccccc1)c1ccccc1. The summed E-state index contributed by atoms with van der Waals surface area (Å²) < 4.78 is 0. The van der Waals surface area contributed by atoms with Gasteiger partial charge in [-0.05, 0) is 29.5 Å². The van der Waals surface area contributed by atoms with Gasteiger partial charge >= 0.3 is 0 Å². The Labute approximate surface area is 133 Å². The highest BCUT2D eigenvalue weighted by Gasteiger charge is 2.32. The molecule has 0 aromatic heterocycles. The van der Waals surface area contributed by atoms with Crippen molar-refractivity contribution in [2.75, 3.05) is 0 Å². The average molecular weight is 286 g/mol. The Morgan fingerprint density at radius 2 is 1.00 bits per heavy atom. The molecule has 3 aromatic rings. The van der Waals surface area contributed by atoms with E-state index in [1.54, 1.807) is 0 Å². The number of benzene rings is 3. The zero-order valence-corrected chi connectivity index (χ0v) is 13.1. The summed E-state index contributed by atoms with van der Waals surface area (Å²) in [4.78, 5) is 0. The molecule has 0 atom stereocenters. The van der Waals surface area contributed by atoms with Gasteiger partial charge in [0.15, 0.2) is 0 Å². The first-order valence-corrected chi connectivity index (χ1v) is 8.00. The molecule has 0 saturated carbocycles. The van der Waals surface area contributed by atoms with E-state index < -0.39 is 0 Å². The summed E-state index contributed by atoms with van der Waals surface area (Å²) in [6.07, 6.45) is 2.11. The lowest BCUT2D eigenvalue weighted by atomic mass is 9.69. The molecule has 0 nitrogen and oxygen atoms in total. The van der Waals surface area contributed by atoms with E-state index in [-0.39, 0.29) is 5.41 Å². The van der Waals surface area contributed by atoms with Crippen molar-refractivity contribution in [3.63, 3.8) is 0 Å². The summed E-state index contributed by atoms with van der Waals surface area (Å²) in [6, 6.07) is 32.6. The summed E-state index contributed by atoms with van der Waals surface area (Å²) in [7, 11) is 0. The third kappa shape index (κ3) is 2.82. The van der Waals surface area contributed by atoms with Crippen LogP contribution in [0, 0.1) is 0 Å². The molecule has 0 N–H and O–H groups in total. The van der Waals surface area contributed by atoms with Gasteiger partial charge < -0.3 is 0 Å². The maximum atomic E-state index is 2.29. The second-order valence-electron chi connectivity index (χ2n) is 5.83. The molecule has 0 radical (unpaired) electrons. The Kier molecular flexibility index (Phi) is 4.39. The van der Waals surface area contributed by atoms with Crippen molar-refractivity contribution in [2.45, 2.75) is 25.2 Å². The molecule has 0 amide bonds. The zero-order valence-electron chi connectivity index (χ0n) is 13.1. The van der Waals surface area contributed by atoms with E-state index in [1.807, 2.05) is 0 Å². The van der Waals surface area contributed by atoms with Gasteiger partial charge in [0.05, 0.1) is 0 Å². The van der Waals surface area contributed by atoms with E-state index >= 15 is 0 Å². The second kappa shape index (κ2) is 6.62. The van der Waals surface area contributed by atoms with Gasteiger partial charge in [0, 0.05) is 5.41 Å². The lowest BCUT2D eigenvalue weighted by molar-refractivity contribution is 0.492. The van der Waals surface area contributed by atoms with Crippen LogP contribution < -0.4 is 0 Å². The highest BCUT2D eigenvalue weighted by atomic mass is 14.3. The molecule has 0 fully saturated rings. The smallest absolute Gasteiger partial charge is 0.0240 e. The number of rotatable bonds is 5. The third-order valence-electron chi connectivity index (χ3n) is 4.61. The predicted octanol–water partition coefficient (Wildman–Crippen LogP) is 5.63. The Balaban J connectivity index is 2.13. The highest BCUT2D eigenvalue weighted by Crippen LogP contribution is 2.38. The summed E-state index contributed by atoms with van der Waals surface area (Å²) in [5, 5.41) is 0. The monoisotopic (exact) mass is 286 g/mol. The minimum Gasteiger partial charge on any atom is -0.0642 e. The van der Waals surface area contributed by atoms with Crippen LogP contribution in [0.15, 0.2) is 91.0 Å². The first-order valence-electron chi connectivity index (χ1n) is 8.00. The van der Waals surface area contributed by atoms with Crippen LogP contribution in [0.1, 0.15) is 30.0 Å². The van der Waals surface area contributed by atoms with Gasteiger partial charge in [-0.1, -0.05) is 97.9 Å². The van der Waals surface area contributed by atoms with Crippen molar-refractivity contribution in [2.24, 2.45) is 0 Å². The molecule has 0 heteroatoms. The van der Waals surface area contributed by atoms with Gasteiger partial charge in [0.2, 0.25) is 0 Å². The van der Waals surface area contributed by atoms with Gasteiger partial charge in [-0.25, -0.2) is 0 Å². The van der Waals surface area contributed by atoms with Crippen LogP contribution in [0.3, 0.4) is 0 Å². The van der Waals surface area contributed by atoms with Gasteiger partial charge in [0.1, 0.15) is 0 Å². The summed E-state index contributed by atoms with van der Waals surface area (Å²) in [6.45, 7) is 2.29. The Bertz CT molecular complexity index is 644. The molecule has 110 valence electrons. The largest absolute Gasteiger partial charge is 0.0642 e. The van der Waals surface area contributed by atoms with E-state index in [1.165, 1.54) is 16.7 Å². The fourth-order valence-corrected chi connectivity index (χ4v) is 3.36. The number of hydrogen-bond donors (Lipinski definition) is 0. The van der Waals surface area contributed by atoms with Crippen molar-refractivity contribution in [1.29, 1.82) is 0 Å². The van der Waals surface area contributed by atoms with Crippen molar-refractivity contribution in [1.82, 2.24) is 0 Å². The maximum Gasteiger partial charge on any atom is 0.0240 e. The minimum atomic E-state index is 0.0316. The molecule has 22 heavy (non-hydrogen) atoms. The molecule has 0 aliphatic carbocycles. The highest BCUT2D eigenvalue weighted by molar-refractivity contribution is 5.41. The van der Waals surface area contributed by atoms with Gasteiger partial charge in [-0.15, -0.1) is 0 Å². The van der Waals surface area contributed by atoms with Crippen LogP contribution in [0.2, 0.25) is 0 Å². The molecule has 3 rings (SSSR count). The van der Waals surface area contributed by atoms with Crippen LogP contribution in [0.25, 0.3) is 0 Å². The molecule has 0 heterocycles. The fraction of sp³-hybridized carbons (Fsp3) is 0.182. The van der Waals surface area contributed by atoms with Gasteiger partial charge in [0.25, 0.3) is 0 Å². The predicted molar refractivity (Wildman–Crippen MR) is 94.1 cm³/mol. The van der Waals surface area contributed by atoms with E-state index in [2.05, 4.69) is 97.9 Å². The minimum absolute atomic E-state index is 0.0316. The average Bonchev–Trinajstić information content (AvgIpc) is 2.62. The molecule has 3 aromatic carbocycles. The fourth-order valence-electron chi connectivity index (χ4n) is 3.36. The topological polar surface area (TPSA) is 0 Å². The van der Waals surface area contributed by atoms with E-state index in [9.17, 15) is 0 Å². The van der Waals surface area contributed by atoms with Crippen molar-refractivity contribution in [3.8, 4) is 0 Å². The molecular weight excluding hydrogens is 264 g/mol. The van der Waals surface area contributed by atoms with Crippen molar-refractivity contribution in [3.05, 3.63) is 108 Å². The maximum absolute atomic E-state index is 2.29. The Morgan fingerprint density at radius 3 is 1.41 bits per heavy atom. The lowest BCUT2D eigenvalue weighted by Crippen LogP contribution is -2.29. The van der Waals surface area contributed by atoms with Crippen LogP contribution in [0.5, 0.6) is 0 Å². The van der Waals surface area contributed by atoms with Crippen molar-refractivity contribution < 1.29 is 0 Å². The van der Waals surface area contributed by atoms with Gasteiger partial charge in [-0.3, -0.25) is 0 Å². The zero-order chi connectivity index (χ0) is 15.3.